The van der Waals surface area contributed by atoms with Crippen molar-refractivity contribution in [3.8, 4) is 11.5 Å². The predicted molar refractivity (Wildman–Crippen MR) is 94.9 cm³/mol. The first-order chi connectivity index (χ1) is 12.3. The highest BCUT2D eigenvalue weighted by atomic mass is 16.5. The van der Waals surface area contributed by atoms with E-state index in [1.54, 1.807) is 18.2 Å². The van der Waals surface area contributed by atoms with Crippen LogP contribution in [-0.4, -0.2) is 23.5 Å². The number of rotatable bonds is 3. The molecule has 0 saturated carbocycles. The molecule has 4 heteroatoms. The van der Waals surface area contributed by atoms with E-state index in [-0.39, 0.29) is 0 Å². The van der Waals surface area contributed by atoms with Gasteiger partial charge in [-0.05, 0) is 24.3 Å². The largest absolute Gasteiger partial charge is 0.434 e. The van der Waals surface area contributed by atoms with Gasteiger partial charge in [-0.1, -0.05) is 42.5 Å². The van der Waals surface area contributed by atoms with Crippen molar-refractivity contribution >= 4 is 17.9 Å². The lowest BCUT2D eigenvalue weighted by Gasteiger charge is -2.16. The third kappa shape index (κ3) is 3.15. The highest BCUT2D eigenvalue weighted by molar-refractivity contribution is 5.97. The Bertz CT molecular complexity index is 934. The van der Waals surface area contributed by atoms with Crippen LogP contribution in [0.4, 0.5) is 5.69 Å². The molecule has 1 heterocycles. The number of hydrogen-bond acceptors (Lipinski definition) is 3. The zero-order valence-electron chi connectivity index (χ0n) is 13.5. The fourth-order valence-electron chi connectivity index (χ4n) is 2.74. The third-order valence-corrected chi connectivity index (χ3v) is 3.95. The lowest BCUT2D eigenvalue weighted by Crippen LogP contribution is -2.23. The van der Waals surface area contributed by atoms with Gasteiger partial charge in [-0.3, -0.25) is 0 Å². The van der Waals surface area contributed by atoms with E-state index in [1.807, 2.05) is 71.5 Å². The molecule has 0 spiro atoms. The van der Waals surface area contributed by atoms with Gasteiger partial charge in [-0.15, -0.1) is 0 Å². The predicted octanol–water partition coefficient (Wildman–Crippen LogP) is 4.02. The zero-order valence-corrected chi connectivity index (χ0v) is 13.5. The lowest BCUT2D eigenvalue weighted by molar-refractivity contribution is -0.476. The minimum atomic E-state index is -0.426. The van der Waals surface area contributed by atoms with Crippen molar-refractivity contribution in [2.24, 2.45) is 0 Å². The summed E-state index contributed by atoms with van der Waals surface area (Å²) in [6, 6.07) is 24.4. The van der Waals surface area contributed by atoms with Gasteiger partial charge in [0.15, 0.2) is 12.0 Å². The topological polar surface area (TPSA) is 38.5 Å². The van der Waals surface area contributed by atoms with E-state index >= 15 is 0 Å². The molecule has 0 bridgehead atoms. The molecule has 122 valence electrons. The fourth-order valence-corrected chi connectivity index (χ4v) is 2.74. The molecular weight excluding hydrogens is 314 g/mol. The van der Waals surface area contributed by atoms with Gasteiger partial charge in [0.1, 0.15) is 11.3 Å². The highest BCUT2D eigenvalue weighted by Crippen LogP contribution is 2.28. The molecule has 0 unspecified atom stereocenters. The molecular formula is C21H16NO3+. The number of para-hydroxylation sites is 3. The second-order valence-electron chi connectivity index (χ2n) is 5.63. The van der Waals surface area contributed by atoms with Crippen LogP contribution in [0.5, 0.6) is 11.5 Å². The number of benzene rings is 3. The number of carbonyl (C=O) groups excluding carboxylic acids is 1. The van der Waals surface area contributed by atoms with Crippen LogP contribution in [0, 0.1) is 0 Å². The van der Waals surface area contributed by atoms with Gasteiger partial charge < -0.3 is 9.47 Å². The summed E-state index contributed by atoms with van der Waals surface area (Å²) < 4.78 is 13.3. The molecule has 4 nitrogen and oxygen atoms in total. The molecule has 0 aromatic heterocycles. The average molecular weight is 330 g/mol. The van der Waals surface area contributed by atoms with E-state index in [0.717, 1.165) is 11.3 Å². The Balaban J connectivity index is 1.65. The summed E-state index contributed by atoms with van der Waals surface area (Å²) in [6.45, 7) is 0.340. The molecule has 0 N–H and O–H groups in total. The van der Waals surface area contributed by atoms with Gasteiger partial charge >= 0.3 is 5.97 Å². The fraction of sp³-hybridized carbons (Fsp3) is 0.0476. The van der Waals surface area contributed by atoms with E-state index in [1.165, 1.54) is 0 Å². The van der Waals surface area contributed by atoms with Crippen molar-refractivity contribution in [1.29, 1.82) is 0 Å². The van der Waals surface area contributed by atoms with Crippen molar-refractivity contribution in [1.82, 2.24) is 0 Å². The molecule has 0 fully saturated rings. The monoisotopic (exact) mass is 330 g/mol. The maximum Gasteiger partial charge on any atom is 0.347 e. The molecule has 0 atom stereocenters. The number of carbonyl (C=O) groups is 1. The summed E-state index contributed by atoms with van der Waals surface area (Å²) >= 11 is 0. The first-order valence-corrected chi connectivity index (χ1v) is 8.01. The Hall–Kier alpha value is -3.40. The smallest absolute Gasteiger partial charge is 0.347 e. The zero-order chi connectivity index (χ0) is 17.1. The highest BCUT2D eigenvalue weighted by Gasteiger charge is 2.25. The van der Waals surface area contributed by atoms with Gasteiger partial charge in [0.05, 0.1) is 5.56 Å². The first kappa shape index (κ1) is 15.1. The Kier molecular flexibility index (Phi) is 4.01. The molecule has 0 aliphatic carbocycles. The average Bonchev–Trinajstić information content (AvgIpc) is 2.68. The summed E-state index contributed by atoms with van der Waals surface area (Å²) in [5, 5.41) is 0. The van der Waals surface area contributed by atoms with Crippen LogP contribution < -0.4 is 9.47 Å². The minimum Gasteiger partial charge on any atom is -0.434 e. The summed E-state index contributed by atoms with van der Waals surface area (Å²) in [5.74, 6) is 0.635. The van der Waals surface area contributed by atoms with Crippen LogP contribution in [0.1, 0.15) is 15.9 Å². The molecule has 3 aromatic carbocycles. The molecule has 25 heavy (non-hydrogen) atoms. The van der Waals surface area contributed by atoms with Crippen molar-refractivity contribution in [2.45, 2.75) is 0 Å². The Morgan fingerprint density at radius 2 is 1.60 bits per heavy atom. The maximum atomic E-state index is 12.5. The quantitative estimate of drug-likeness (QED) is 0.414. The Labute approximate surface area is 145 Å². The molecule has 1 aliphatic rings. The number of fused-ring (bicyclic) bond motifs is 1. The van der Waals surface area contributed by atoms with E-state index in [4.69, 9.17) is 9.47 Å². The van der Waals surface area contributed by atoms with Gasteiger partial charge in [-0.2, -0.15) is 4.58 Å². The summed E-state index contributed by atoms with van der Waals surface area (Å²) in [4.78, 5) is 12.5. The molecule has 4 rings (SSSR count). The minimum absolute atomic E-state index is 0.340. The second-order valence-corrected chi connectivity index (χ2v) is 5.63. The first-order valence-electron chi connectivity index (χ1n) is 8.01. The van der Waals surface area contributed by atoms with E-state index in [9.17, 15) is 4.79 Å². The van der Waals surface area contributed by atoms with E-state index in [2.05, 4.69) is 0 Å². The number of hydrogen-bond donors (Lipinski definition) is 0. The van der Waals surface area contributed by atoms with Crippen molar-refractivity contribution in [3.63, 3.8) is 0 Å². The van der Waals surface area contributed by atoms with Crippen LogP contribution in [0.3, 0.4) is 0 Å². The van der Waals surface area contributed by atoms with Crippen LogP contribution in [-0.2, 0) is 0 Å². The second kappa shape index (κ2) is 6.61. The number of nitrogens with zero attached hydrogens (tertiary/aromatic N) is 1. The molecule has 0 amide bonds. The van der Waals surface area contributed by atoms with E-state index in [0.29, 0.717) is 23.8 Å². The molecule has 1 aliphatic heterocycles. The van der Waals surface area contributed by atoms with Gasteiger partial charge in [-0.25, -0.2) is 4.79 Å². The SMILES string of the molecule is O=C(Oc1ccccc1)c1cccc2c1OC[N+](c1ccccc1)=C2. The molecule has 0 saturated heterocycles. The van der Waals surface area contributed by atoms with E-state index < -0.39 is 5.97 Å². The van der Waals surface area contributed by atoms with Crippen LogP contribution in [0.15, 0.2) is 78.9 Å². The van der Waals surface area contributed by atoms with Gasteiger partial charge in [0.25, 0.3) is 6.73 Å². The third-order valence-electron chi connectivity index (χ3n) is 3.95. The Morgan fingerprint density at radius 3 is 2.36 bits per heavy atom. The van der Waals surface area contributed by atoms with Crippen LogP contribution in [0.2, 0.25) is 0 Å². The maximum absolute atomic E-state index is 12.5. The lowest BCUT2D eigenvalue weighted by atomic mass is 10.1. The van der Waals surface area contributed by atoms with Crippen molar-refractivity contribution in [2.75, 3.05) is 6.73 Å². The van der Waals surface area contributed by atoms with Crippen LogP contribution >= 0.6 is 0 Å². The Morgan fingerprint density at radius 1 is 0.880 bits per heavy atom. The standard InChI is InChI=1S/C21H16NO3/c23-21(25-18-11-5-2-6-12-18)19-13-7-8-16-14-22(15-24-20(16)19)17-9-3-1-4-10-17/h1-14H,15H2/q+1. The van der Waals surface area contributed by atoms with Crippen molar-refractivity contribution in [3.05, 3.63) is 90.0 Å². The summed E-state index contributed by atoms with van der Waals surface area (Å²) in [6.07, 6.45) is 1.98. The van der Waals surface area contributed by atoms with Gasteiger partial charge in [0.2, 0.25) is 5.69 Å². The normalized spacial score (nSPS) is 12.6. The number of ether oxygens (including phenoxy) is 2. The van der Waals surface area contributed by atoms with Crippen molar-refractivity contribution < 1.29 is 18.8 Å². The van der Waals surface area contributed by atoms with Gasteiger partial charge in [0, 0.05) is 12.1 Å². The number of esters is 1. The summed E-state index contributed by atoms with van der Waals surface area (Å²) in [7, 11) is 0. The molecule has 3 aromatic rings. The van der Waals surface area contributed by atoms with Crippen LogP contribution in [0.25, 0.3) is 0 Å². The summed E-state index contributed by atoms with van der Waals surface area (Å²) in [5.41, 5.74) is 2.30. The molecule has 0 radical (unpaired) electrons.